The van der Waals surface area contributed by atoms with Gasteiger partial charge < -0.3 is 42.1 Å². The van der Waals surface area contributed by atoms with Crippen molar-refractivity contribution in [3.05, 3.63) is 35.9 Å². The molecule has 0 heterocycles. The van der Waals surface area contributed by atoms with E-state index < -0.39 is 67.7 Å². The first-order valence-corrected chi connectivity index (χ1v) is 8.99. The van der Waals surface area contributed by atoms with E-state index in [2.05, 4.69) is 16.0 Å². The van der Waals surface area contributed by atoms with E-state index in [1.807, 2.05) is 0 Å². The summed E-state index contributed by atoms with van der Waals surface area (Å²) in [6.07, 6.45) is -0.0254. The van der Waals surface area contributed by atoms with Crippen molar-refractivity contribution in [3.63, 3.8) is 0 Å². The van der Waals surface area contributed by atoms with Crippen molar-refractivity contribution in [2.45, 2.75) is 30.6 Å². The first kappa shape index (κ1) is 25.0. The zero-order valence-corrected chi connectivity index (χ0v) is 16.0. The molecule has 1 aromatic rings. The Morgan fingerprint density at radius 1 is 0.767 bits per heavy atom. The Morgan fingerprint density at radius 2 is 1.23 bits per heavy atom. The van der Waals surface area contributed by atoms with Crippen LogP contribution in [-0.2, 0) is 25.6 Å². The second-order valence-electron chi connectivity index (χ2n) is 6.37. The molecule has 12 heteroatoms. The summed E-state index contributed by atoms with van der Waals surface area (Å²) in [7, 11) is 0. The molecule has 0 aliphatic carbocycles. The molecule has 1 rings (SSSR count). The van der Waals surface area contributed by atoms with Crippen LogP contribution in [0, 0.1) is 0 Å². The van der Waals surface area contributed by atoms with Gasteiger partial charge in [0.05, 0.1) is 19.8 Å². The van der Waals surface area contributed by atoms with Crippen LogP contribution in [0.25, 0.3) is 0 Å². The van der Waals surface area contributed by atoms with Crippen LogP contribution in [0.5, 0.6) is 0 Å². The van der Waals surface area contributed by atoms with Crippen molar-refractivity contribution >= 4 is 23.7 Å². The number of benzene rings is 1. The molecule has 9 N–H and O–H groups in total. The maximum atomic E-state index is 12.4. The average molecular weight is 426 g/mol. The van der Waals surface area contributed by atoms with Gasteiger partial charge in [-0.05, 0) is 5.56 Å². The predicted octanol–water partition coefficient (Wildman–Crippen LogP) is -3.93. The zero-order chi connectivity index (χ0) is 22.7. The summed E-state index contributed by atoms with van der Waals surface area (Å²) in [6, 6.07) is 2.85. The highest BCUT2D eigenvalue weighted by Crippen LogP contribution is 2.04. The highest BCUT2D eigenvalue weighted by atomic mass is 16.4. The molecular formula is C18H26N4O8. The summed E-state index contributed by atoms with van der Waals surface area (Å²) >= 11 is 0. The van der Waals surface area contributed by atoms with Gasteiger partial charge in [0.2, 0.25) is 17.7 Å². The third-order valence-corrected chi connectivity index (χ3v) is 4.06. The number of rotatable bonds is 12. The Morgan fingerprint density at radius 3 is 1.67 bits per heavy atom. The average Bonchev–Trinajstić information content (AvgIpc) is 2.74. The van der Waals surface area contributed by atoms with Gasteiger partial charge in [-0.3, -0.25) is 14.4 Å². The van der Waals surface area contributed by atoms with Crippen molar-refractivity contribution < 1.29 is 39.6 Å². The molecule has 4 atom stereocenters. The van der Waals surface area contributed by atoms with Crippen molar-refractivity contribution in [3.8, 4) is 0 Å². The summed E-state index contributed by atoms with van der Waals surface area (Å²) < 4.78 is 0. The fraction of sp³-hybridized carbons (Fsp3) is 0.444. The van der Waals surface area contributed by atoms with E-state index in [-0.39, 0.29) is 6.42 Å². The van der Waals surface area contributed by atoms with Crippen LogP contribution < -0.4 is 21.7 Å². The van der Waals surface area contributed by atoms with Gasteiger partial charge in [-0.1, -0.05) is 30.3 Å². The Hall–Kier alpha value is -3.06. The topological polar surface area (TPSA) is 211 Å². The third kappa shape index (κ3) is 7.75. The lowest BCUT2D eigenvalue weighted by Crippen LogP contribution is -2.59. The molecule has 1 aromatic carbocycles. The maximum absolute atomic E-state index is 12.4. The Balaban J connectivity index is 2.76. The SMILES string of the molecule is NC(CO)C(=O)NC(CO)C(=O)NC(CO)C(=O)NC(Cc1ccccc1)C(=O)O. The van der Waals surface area contributed by atoms with Crippen LogP contribution in [0.15, 0.2) is 30.3 Å². The van der Waals surface area contributed by atoms with Crippen LogP contribution >= 0.6 is 0 Å². The lowest BCUT2D eigenvalue weighted by Gasteiger charge is -2.23. The Labute approximate surface area is 172 Å². The molecule has 0 saturated heterocycles. The number of aliphatic carboxylic acids is 1. The van der Waals surface area contributed by atoms with Gasteiger partial charge in [0.25, 0.3) is 0 Å². The smallest absolute Gasteiger partial charge is 0.326 e. The summed E-state index contributed by atoms with van der Waals surface area (Å²) in [5, 5.41) is 43.3. The van der Waals surface area contributed by atoms with Gasteiger partial charge in [-0.25, -0.2) is 4.79 Å². The number of nitrogens with one attached hydrogen (secondary N) is 3. The molecule has 0 aliphatic heterocycles. The van der Waals surface area contributed by atoms with E-state index in [4.69, 9.17) is 10.8 Å². The summed E-state index contributed by atoms with van der Waals surface area (Å²) in [5.41, 5.74) is 5.96. The van der Waals surface area contributed by atoms with Crippen LogP contribution in [0.1, 0.15) is 5.56 Å². The van der Waals surface area contributed by atoms with Crippen LogP contribution in [0.2, 0.25) is 0 Å². The van der Waals surface area contributed by atoms with E-state index in [0.717, 1.165) is 0 Å². The fourth-order valence-electron chi connectivity index (χ4n) is 2.34. The number of carboxylic acids is 1. The van der Waals surface area contributed by atoms with Gasteiger partial charge in [0.15, 0.2) is 0 Å². The van der Waals surface area contributed by atoms with E-state index >= 15 is 0 Å². The van der Waals surface area contributed by atoms with Gasteiger partial charge in [0, 0.05) is 6.42 Å². The first-order chi connectivity index (χ1) is 14.2. The summed E-state index contributed by atoms with van der Waals surface area (Å²) in [4.78, 5) is 47.7. The van der Waals surface area contributed by atoms with Crippen molar-refractivity contribution in [2.24, 2.45) is 5.73 Å². The molecule has 30 heavy (non-hydrogen) atoms. The van der Waals surface area contributed by atoms with Gasteiger partial charge in [0.1, 0.15) is 24.2 Å². The highest BCUT2D eigenvalue weighted by molar-refractivity contribution is 5.94. The second-order valence-corrected chi connectivity index (χ2v) is 6.37. The van der Waals surface area contributed by atoms with Gasteiger partial charge >= 0.3 is 5.97 Å². The Kier molecular flexibility index (Phi) is 10.4. The lowest BCUT2D eigenvalue weighted by atomic mass is 10.1. The molecule has 0 saturated carbocycles. The molecular weight excluding hydrogens is 400 g/mol. The van der Waals surface area contributed by atoms with E-state index in [9.17, 15) is 34.5 Å². The van der Waals surface area contributed by atoms with Gasteiger partial charge in [-0.15, -0.1) is 0 Å². The number of hydrogen-bond acceptors (Lipinski definition) is 8. The number of carbonyl (C=O) groups excluding carboxylic acids is 3. The fourth-order valence-corrected chi connectivity index (χ4v) is 2.34. The van der Waals surface area contributed by atoms with Crippen LogP contribution in [-0.4, -0.2) is 88.1 Å². The van der Waals surface area contributed by atoms with E-state index in [0.29, 0.717) is 5.56 Å². The van der Waals surface area contributed by atoms with Crippen LogP contribution in [0.4, 0.5) is 0 Å². The molecule has 0 radical (unpaired) electrons. The molecule has 0 aromatic heterocycles. The van der Waals surface area contributed by atoms with Crippen molar-refractivity contribution in [1.82, 2.24) is 16.0 Å². The number of carbonyl (C=O) groups is 4. The lowest BCUT2D eigenvalue weighted by molar-refractivity contribution is -0.142. The molecule has 3 amide bonds. The number of aliphatic hydroxyl groups is 3. The molecule has 0 bridgehead atoms. The number of amides is 3. The molecule has 0 aliphatic rings. The van der Waals surface area contributed by atoms with Crippen molar-refractivity contribution in [2.75, 3.05) is 19.8 Å². The molecule has 0 fully saturated rings. The molecule has 166 valence electrons. The summed E-state index contributed by atoms with van der Waals surface area (Å²) in [5.74, 6) is -4.21. The number of aliphatic hydroxyl groups excluding tert-OH is 3. The van der Waals surface area contributed by atoms with E-state index in [1.54, 1.807) is 30.3 Å². The minimum absolute atomic E-state index is 0.0254. The predicted molar refractivity (Wildman–Crippen MR) is 103 cm³/mol. The summed E-state index contributed by atoms with van der Waals surface area (Å²) in [6.45, 7) is -2.40. The largest absolute Gasteiger partial charge is 0.480 e. The first-order valence-electron chi connectivity index (χ1n) is 8.99. The number of nitrogens with two attached hydrogens (primary N) is 1. The van der Waals surface area contributed by atoms with Crippen LogP contribution in [0.3, 0.4) is 0 Å². The Bertz CT molecular complexity index is 730. The number of carboxylic acid groups (broad SMARTS) is 1. The molecule has 4 unspecified atom stereocenters. The normalized spacial score (nSPS) is 14.7. The number of hydrogen-bond donors (Lipinski definition) is 8. The minimum atomic E-state index is -1.53. The van der Waals surface area contributed by atoms with Gasteiger partial charge in [-0.2, -0.15) is 0 Å². The molecule has 0 spiro atoms. The second kappa shape index (κ2) is 12.5. The standard InChI is InChI=1S/C18H26N4O8/c19-11(7-23)15(26)21-13(8-24)17(28)22-14(9-25)16(27)20-12(18(29)30)6-10-4-2-1-3-5-10/h1-5,11-14,23-25H,6-9,19H2,(H,20,27)(H,21,26)(H,22,28)(H,29,30). The third-order valence-electron chi connectivity index (χ3n) is 4.06. The molecule has 12 nitrogen and oxygen atoms in total. The maximum Gasteiger partial charge on any atom is 0.326 e. The zero-order valence-electron chi connectivity index (χ0n) is 16.0. The quantitative estimate of drug-likeness (QED) is 0.164. The highest BCUT2D eigenvalue weighted by Gasteiger charge is 2.29. The van der Waals surface area contributed by atoms with Crippen molar-refractivity contribution in [1.29, 1.82) is 0 Å². The minimum Gasteiger partial charge on any atom is -0.480 e. The van der Waals surface area contributed by atoms with E-state index in [1.165, 1.54) is 0 Å². The monoisotopic (exact) mass is 426 g/mol.